The second-order valence-corrected chi connectivity index (χ2v) is 4.49. The van der Waals surface area contributed by atoms with Crippen LogP contribution in [0.3, 0.4) is 0 Å². The van der Waals surface area contributed by atoms with Gasteiger partial charge >= 0.3 is 6.09 Å². The van der Waals surface area contributed by atoms with Crippen LogP contribution in [0.2, 0.25) is 0 Å². The number of hydrogen-bond donors (Lipinski definition) is 0. The van der Waals surface area contributed by atoms with Crippen LogP contribution >= 0.6 is 0 Å². The van der Waals surface area contributed by atoms with Gasteiger partial charge < -0.3 is 4.74 Å². The summed E-state index contributed by atoms with van der Waals surface area (Å²) in [5.74, 6) is 0. The fraction of sp³-hybridized carbons (Fsp3) is 0.900. The van der Waals surface area contributed by atoms with Gasteiger partial charge in [0, 0.05) is 0 Å². The molecule has 1 fully saturated rings. The lowest BCUT2D eigenvalue weighted by Crippen LogP contribution is -2.38. The molecule has 0 spiro atoms. The van der Waals surface area contributed by atoms with E-state index in [1.165, 1.54) is 5.06 Å². The third-order valence-corrected chi connectivity index (χ3v) is 2.06. The molecule has 1 heterocycles. The predicted octanol–water partition coefficient (Wildman–Crippen LogP) is 2.34. The Balaban J connectivity index is 2.52. The van der Waals surface area contributed by atoms with Crippen molar-refractivity contribution in [1.82, 2.24) is 5.06 Å². The summed E-state index contributed by atoms with van der Waals surface area (Å²) < 4.78 is 5.22. The number of carbonyl (C=O) groups is 1. The molecule has 1 atom stereocenters. The Labute approximate surface area is 85.1 Å². The van der Waals surface area contributed by atoms with E-state index in [-0.39, 0.29) is 12.1 Å². The highest BCUT2D eigenvalue weighted by molar-refractivity contribution is 5.67. The molecule has 0 unspecified atom stereocenters. The Morgan fingerprint density at radius 3 is 2.71 bits per heavy atom. The minimum Gasteiger partial charge on any atom is -0.442 e. The zero-order valence-electron chi connectivity index (χ0n) is 9.37. The fourth-order valence-electron chi connectivity index (χ4n) is 1.39. The molecule has 1 saturated heterocycles. The van der Waals surface area contributed by atoms with E-state index in [9.17, 15) is 4.79 Å². The zero-order chi connectivity index (χ0) is 10.8. The van der Waals surface area contributed by atoms with Crippen LogP contribution in [0.5, 0.6) is 0 Å². The van der Waals surface area contributed by atoms with Crippen molar-refractivity contribution >= 4 is 6.09 Å². The summed E-state index contributed by atoms with van der Waals surface area (Å²) in [5, 5.41) is 1.37. The van der Waals surface area contributed by atoms with Crippen molar-refractivity contribution in [2.24, 2.45) is 0 Å². The molecule has 1 amide bonds. The highest BCUT2D eigenvalue weighted by Crippen LogP contribution is 2.20. The summed E-state index contributed by atoms with van der Waals surface area (Å²) in [4.78, 5) is 16.8. The lowest BCUT2D eigenvalue weighted by molar-refractivity contribution is -0.124. The zero-order valence-corrected chi connectivity index (χ0v) is 9.37. The molecule has 0 aliphatic carbocycles. The van der Waals surface area contributed by atoms with Gasteiger partial charge in [-0.3, -0.25) is 4.84 Å². The highest BCUT2D eigenvalue weighted by Gasteiger charge is 2.32. The highest BCUT2D eigenvalue weighted by atomic mass is 16.7. The summed E-state index contributed by atoms with van der Waals surface area (Å²) in [6, 6.07) is 0.171. The average Bonchev–Trinajstić information content (AvgIpc) is 2.47. The first kappa shape index (κ1) is 11.3. The van der Waals surface area contributed by atoms with Gasteiger partial charge in [0.05, 0.1) is 12.6 Å². The molecule has 1 aliphatic heterocycles. The molecule has 4 heteroatoms. The third kappa shape index (κ3) is 2.87. The number of carbonyl (C=O) groups excluding carboxylic acids is 1. The molecule has 0 aromatic heterocycles. The van der Waals surface area contributed by atoms with Crippen molar-refractivity contribution in [3.63, 3.8) is 0 Å². The lowest BCUT2D eigenvalue weighted by atomic mass is 10.2. The van der Waals surface area contributed by atoms with Crippen LogP contribution in [0.25, 0.3) is 0 Å². The maximum absolute atomic E-state index is 11.6. The van der Waals surface area contributed by atoms with Crippen LogP contribution in [0.1, 0.15) is 40.5 Å². The maximum atomic E-state index is 11.6. The summed E-state index contributed by atoms with van der Waals surface area (Å²) in [6.45, 7) is 8.19. The summed E-state index contributed by atoms with van der Waals surface area (Å²) in [6.07, 6.45) is 1.43. The Bertz CT molecular complexity index is 210. The monoisotopic (exact) mass is 201 g/mol. The molecule has 0 N–H and O–H groups in total. The molecule has 0 bridgehead atoms. The second kappa shape index (κ2) is 4.17. The predicted molar refractivity (Wildman–Crippen MR) is 52.7 cm³/mol. The van der Waals surface area contributed by atoms with E-state index in [0.29, 0.717) is 6.61 Å². The van der Waals surface area contributed by atoms with Crippen molar-refractivity contribution in [2.75, 3.05) is 6.61 Å². The van der Waals surface area contributed by atoms with Crippen molar-refractivity contribution in [1.29, 1.82) is 0 Å². The van der Waals surface area contributed by atoms with Crippen LogP contribution in [-0.2, 0) is 9.57 Å². The minimum absolute atomic E-state index is 0.171. The quantitative estimate of drug-likeness (QED) is 0.653. The van der Waals surface area contributed by atoms with E-state index in [0.717, 1.165) is 12.8 Å². The molecule has 0 aromatic carbocycles. The Morgan fingerprint density at radius 2 is 2.21 bits per heavy atom. The number of hydrogen-bond acceptors (Lipinski definition) is 3. The standard InChI is InChI=1S/C10H19NO3/c1-5-8-6-7-13-11(8)9(12)14-10(2,3)4/h8H,5-7H2,1-4H3/t8-/m0/s1. The van der Waals surface area contributed by atoms with E-state index in [1.54, 1.807) is 0 Å². The topological polar surface area (TPSA) is 38.8 Å². The first-order valence-electron chi connectivity index (χ1n) is 5.09. The van der Waals surface area contributed by atoms with Crippen LogP contribution in [0.4, 0.5) is 4.79 Å². The molecule has 82 valence electrons. The number of ether oxygens (including phenoxy) is 1. The van der Waals surface area contributed by atoms with Gasteiger partial charge in [0.2, 0.25) is 0 Å². The Hall–Kier alpha value is -0.770. The molecule has 0 saturated carbocycles. The van der Waals surface area contributed by atoms with Gasteiger partial charge in [-0.2, -0.15) is 5.06 Å². The summed E-state index contributed by atoms with van der Waals surface area (Å²) >= 11 is 0. The molecule has 14 heavy (non-hydrogen) atoms. The number of hydroxylamine groups is 2. The largest absolute Gasteiger partial charge is 0.442 e. The minimum atomic E-state index is -0.457. The van der Waals surface area contributed by atoms with Crippen molar-refractivity contribution in [3.05, 3.63) is 0 Å². The fourth-order valence-corrected chi connectivity index (χ4v) is 1.39. The lowest BCUT2D eigenvalue weighted by Gasteiger charge is -2.26. The average molecular weight is 201 g/mol. The Morgan fingerprint density at radius 1 is 1.57 bits per heavy atom. The third-order valence-electron chi connectivity index (χ3n) is 2.06. The number of rotatable bonds is 1. The van der Waals surface area contributed by atoms with Gasteiger partial charge in [0.15, 0.2) is 0 Å². The molecular formula is C10H19NO3. The smallest absolute Gasteiger partial charge is 0.434 e. The molecule has 0 radical (unpaired) electrons. The number of nitrogens with zero attached hydrogens (tertiary/aromatic N) is 1. The number of amides is 1. The Kier molecular flexibility index (Phi) is 3.37. The van der Waals surface area contributed by atoms with E-state index < -0.39 is 5.60 Å². The van der Waals surface area contributed by atoms with Crippen LogP contribution < -0.4 is 0 Å². The molecule has 1 aliphatic rings. The van der Waals surface area contributed by atoms with Gasteiger partial charge in [-0.05, 0) is 33.6 Å². The van der Waals surface area contributed by atoms with Crippen LogP contribution in [-0.4, -0.2) is 29.4 Å². The van der Waals surface area contributed by atoms with E-state index in [4.69, 9.17) is 9.57 Å². The molecule has 1 rings (SSSR count). The normalized spacial score (nSPS) is 22.6. The van der Waals surface area contributed by atoms with Gasteiger partial charge in [-0.25, -0.2) is 4.79 Å². The van der Waals surface area contributed by atoms with Crippen molar-refractivity contribution in [3.8, 4) is 0 Å². The SMILES string of the molecule is CC[C@H]1CCON1C(=O)OC(C)(C)C. The summed E-state index contributed by atoms with van der Waals surface area (Å²) in [7, 11) is 0. The van der Waals surface area contributed by atoms with Gasteiger partial charge in [0.25, 0.3) is 0 Å². The molecule has 0 aromatic rings. The first-order valence-corrected chi connectivity index (χ1v) is 5.09. The van der Waals surface area contributed by atoms with Crippen LogP contribution in [0, 0.1) is 0 Å². The van der Waals surface area contributed by atoms with Crippen molar-refractivity contribution < 1.29 is 14.4 Å². The maximum Gasteiger partial charge on any atom is 0.434 e. The van der Waals surface area contributed by atoms with Gasteiger partial charge in [-0.1, -0.05) is 6.92 Å². The molecule has 4 nitrogen and oxygen atoms in total. The first-order chi connectivity index (χ1) is 6.44. The van der Waals surface area contributed by atoms with E-state index in [2.05, 4.69) is 0 Å². The van der Waals surface area contributed by atoms with E-state index in [1.807, 2.05) is 27.7 Å². The van der Waals surface area contributed by atoms with Gasteiger partial charge in [-0.15, -0.1) is 0 Å². The second-order valence-electron chi connectivity index (χ2n) is 4.49. The van der Waals surface area contributed by atoms with E-state index >= 15 is 0 Å². The van der Waals surface area contributed by atoms with Crippen LogP contribution in [0.15, 0.2) is 0 Å². The molecular weight excluding hydrogens is 182 g/mol. The van der Waals surface area contributed by atoms with Crippen molar-refractivity contribution in [2.45, 2.75) is 52.2 Å². The summed E-state index contributed by atoms with van der Waals surface area (Å²) in [5.41, 5.74) is -0.457. The van der Waals surface area contributed by atoms with Gasteiger partial charge in [0.1, 0.15) is 5.60 Å².